The van der Waals surface area contributed by atoms with Gasteiger partial charge in [0.2, 0.25) is 5.91 Å². The van der Waals surface area contributed by atoms with Crippen LogP contribution in [0.4, 0.5) is 0 Å². The second-order valence-electron chi connectivity index (χ2n) is 5.54. The molecular formula is C15H16N2O4. The highest BCUT2D eigenvalue weighted by Gasteiger charge is 2.38. The SMILES string of the molecule is O=C(CN1Cc2ccccc2C1=O)NC(C(=O)O)C1CC1. The first-order valence-electron chi connectivity index (χ1n) is 6.95. The molecule has 2 aliphatic rings. The van der Waals surface area contributed by atoms with Crippen molar-refractivity contribution in [3.05, 3.63) is 35.4 Å². The Morgan fingerprint density at radius 2 is 2.05 bits per heavy atom. The van der Waals surface area contributed by atoms with Crippen LogP contribution in [0.2, 0.25) is 0 Å². The maximum Gasteiger partial charge on any atom is 0.326 e. The zero-order valence-corrected chi connectivity index (χ0v) is 11.4. The average molecular weight is 288 g/mol. The van der Waals surface area contributed by atoms with Gasteiger partial charge >= 0.3 is 5.97 Å². The van der Waals surface area contributed by atoms with Gasteiger partial charge in [-0.05, 0) is 30.4 Å². The van der Waals surface area contributed by atoms with Crippen molar-refractivity contribution in [2.75, 3.05) is 6.54 Å². The molecule has 0 radical (unpaired) electrons. The van der Waals surface area contributed by atoms with Gasteiger partial charge in [-0.1, -0.05) is 18.2 Å². The number of hydrogen-bond donors (Lipinski definition) is 2. The molecule has 1 aliphatic heterocycles. The van der Waals surface area contributed by atoms with Crippen molar-refractivity contribution >= 4 is 17.8 Å². The van der Waals surface area contributed by atoms with Crippen LogP contribution in [0.5, 0.6) is 0 Å². The van der Waals surface area contributed by atoms with Crippen molar-refractivity contribution < 1.29 is 19.5 Å². The standard InChI is InChI=1S/C15H16N2O4/c18-12(16-13(15(20)21)9-5-6-9)8-17-7-10-3-1-2-4-11(10)14(17)19/h1-4,9,13H,5-8H2,(H,16,18)(H,20,21). The van der Waals surface area contributed by atoms with E-state index in [0.717, 1.165) is 18.4 Å². The minimum absolute atomic E-state index is 0.0259. The molecule has 110 valence electrons. The molecule has 0 saturated heterocycles. The number of carboxylic acid groups (broad SMARTS) is 1. The number of rotatable bonds is 5. The summed E-state index contributed by atoms with van der Waals surface area (Å²) in [5.41, 5.74) is 1.51. The summed E-state index contributed by atoms with van der Waals surface area (Å²) in [4.78, 5) is 36.6. The topological polar surface area (TPSA) is 86.7 Å². The van der Waals surface area contributed by atoms with Crippen LogP contribution < -0.4 is 5.32 Å². The number of carbonyl (C=O) groups is 3. The van der Waals surface area contributed by atoms with E-state index in [4.69, 9.17) is 5.11 Å². The second-order valence-corrected chi connectivity index (χ2v) is 5.54. The molecule has 1 aromatic rings. The monoisotopic (exact) mass is 288 g/mol. The summed E-state index contributed by atoms with van der Waals surface area (Å²) in [7, 11) is 0. The minimum Gasteiger partial charge on any atom is -0.480 e. The van der Waals surface area contributed by atoms with Crippen LogP contribution in [-0.2, 0) is 16.1 Å². The fourth-order valence-corrected chi connectivity index (χ4v) is 2.65. The Morgan fingerprint density at radius 3 is 2.67 bits per heavy atom. The van der Waals surface area contributed by atoms with Crippen molar-refractivity contribution in [1.82, 2.24) is 10.2 Å². The van der Waals surface area contributed by atoms with Gasteiger partial charge in [-0.15, -0.1) is 0 Å². The highest BCUT2D eigenvalue weighted by atomic mass is 16.4. The van der Waals surface area contributed by atoms with Crippen LogP contribution in [0.3, 0.4) is 0 Å². The molecule has 1 unspecified atom stereocenters. The van der Waals surface area contributed by atoms with Crippen LogP contribution in [0.15, 0.2) is 24.3 Å². The number of aliphatic carboxylic acids is 1. The van der Waals surface area contributed by atoms with E-state index in [0.29, 0.717) is 12.1 Å². The Hall–Kier alpha value is -2.37. The first-order valence-corrected chi connectivity index (χ1v) is 6.95. The number of nitrogens with zero attached hydrogens (tertiary/aromatic N) is 1. The molecule has 1 heterocycles. The van der Waals surface area contributed by atoms with E-state index in [1.165, 1.54) is 4.90 Å². The van der Waals surface area contributed by atoms with E-state index in [1.807, 2.05) is 12.1 Å². The molecule has 21 heavy (non-hydrogen) atoms. The fourth-order valence-electron chi connectivity index (χ4n) is 2.65. The van der Waals surface area contributed by atoms with Gasteiger partial charge in [-0.3, -0.25) is 9.59 Å². The Balaban J connectivity index is 1.61. The Bertz CT molecular complexity index is 609. The molecule has 1 atom stereocenters. The van der Waals surface area contributed by atoms with E-state index >= 15 is 0 Å². The van der Waals surface area contributed by atoms with E-state index in [9.17, 15) is 14.4 Å². The molecule has 2 N–H and O–H groups in total. The van der Waals surface area contributed by atoms with Crippen molar-refractivity contribution in [3.63, 3.8) is 0 Å². The second kappa shape index (κ2) is 5.20. The van der Waals surface area contributed by atoms with E-state index in [-0.39, 0.29) is 18.4 Å². The number of fused-ring (bicyclic) bond motifs is 1. The van der Waals surface area contributed by atoms with Gasteiger partial charge in [0.25, 0.3) is 5.91 Å². The zero-order valence-electron chi connectivity index (χ0n) is 11.4. The largest absolute Gasteiger partial charge is 0.480 e. The smallest absolute Gasteiger partial charge is 0.326 e. The van der Waals surface area contributed by atoms with Crippen LogP contribution in [0, 0.1) is 5.92 Å². The molecule has 1 saturated carbocycles. The summed E-state index contributed by atoms with van der Waals surface area (Å²) in [6.07, 6.45) is 1.65. The summed E-state index contributed by atoms with van der Waals surface area (Å²) in [5.74, 6) is -1.59. The maximum absolute atomic E-state index is 12.1. The number of benzene rings is 1. The van der Waals surface area contributed by atoms with Crippen LogP contribution in [0.1, 0.15) is 28.8 Å². The molecule has 6 heteroatoms. The zero-order chi connectivity index (χ0) is 15.0. The highest BCUT2D eigenvalue weighted by Crippen LogP contribution is 2.32. The van der Waals surface area contributed by atoms with Crippen molar-refractivity contribution in [2.24, 2.45) is 5.92 Å². The van der Waals surface area contributed by atoms with E-state index in [1.54, 1.807) is 12.1 Å². The maximum atomic E-state index is 12.1. The van der Waals surface area contributed by atoms with Crippen molar-refractivity contribution in [3.8, 4) is 0 Å². The van der Waals surface area contributed by atoms with Gasteiger partial charge in [0.05, 0.1) is 0 Å². The first kappa shape index (κ1) is 13.6. The van der Waals surface area contributed by atoms with E-state index < -0.39 is 17.9 Å². The predicted molar refractivity (Wildman–Crippen MR) is 73.5 cm³/mol. The Kier molecular flexibility index (Phi) is 3.37. The van der Waals surface area contributed by atoms with Gasteiger partial charge in [0, 0.05) is 12.1 Å². The van der Waals surface area contributed by atoms with Crippen molar-refractivity contribution in [2.45, 2.75) is 25.4 Å². The number of carbonyl (C=O) groups excluding carboxylic acids is 2. The predicted octanol–water partition coefficient (Wildman–Crippen LogP) is 0.622. The van der Waals surface area contributed by atoms with Gasteiger partial charge < -0.3 is 15.3 Å². The molecule has 2 amide bonds. The summed E-state index contributed by atoms with van der Waals surface area (Å²) in [6, 6.07) is 6.39. The third-order valence-electron chi connectivity index (χ3n) is 3.91. The molecule has 0 spiro atoms. The molecule has 0 aromatic heterocycles. The van der Waals surface area contributed by atoms with Crippen molar-refractivity contribution in [1.29, 1.82) is 0 Å². The molecular weight excluding hydrogens is 272 g/mol. The molecule has 1 aromatic carbocycles. The van der Waals surface area contributed by atoms with Gasteiger partial charge in [-0.2, -0.15) is 0 Å². The first-order chi connectivity index (χ1) is 10.1. The quantitative estimate of drug-likeness (QED) is 0.831. The molecule has 0 bridgehead atoms. The Labute approximate surface area is 121 Å². The number of amides is 2. The summed E-state index contributed by atoms with van der Waals surface area (Å²) in [5, 5.41) is 11.6. The average Bonchev–Trinajstić information content (AvgIpc) is 3.23. The fraction of sp³-hybridized carbons (Fsp3) is 0.400. The third-order valence-corrected chi connectivity index (χ3v) is 3.91. The van der Waals surface area contributed by atoms with Gasteiger partial charge in [0.1, 0.15) is 12.6 Å². The van der Waals surface area contributed by atoms with Crippen LogP contribution in [0.25, 0.3) is 0 Å². The lowest BCUT2D eigenvalue weighted by Gasteiger charge is -2.18. The summed E-state index contributed by atoms with van der Waals surface area (Å²) < 4.78 is 0. The normalized spacial score (nSPS) is 18.3. The summed E-state index contributed by atoms with van der Waals surface area (Å²) >= 11 is 0. The number of hydrogen-bond acceptors (Lipinski definition) is 3. The van der Waals surface area contributed by atoms with Gasteiger partial charge in [-0.25, -0.2) is 4.79 Å². The minimum atomic E-state index is -1.01. The highest BCUT2D eigenvalue weighted by molar-refractivity contribution is 6.00. The number of nitrogens with one attached hydrogen (secondary N) is 1. The molecule has 1 fully saturated rings. The number of carboxylic acids is 1. The lowest BCUT2D eigenvalue weighted by molar-refractivity contribution is -0.142. The molecule has 1 aliphatic carbocycles. The molecule has 3 rings (SSSR count). The lowest BCUT2D eigenvalue weighted by atomic mass is 10.1. The Morgan fingerprint density at radius 1 is 1.33 bits per heavy atom. The molecule has 6 nitrogen and oxygen atoms in total. The van der Waals surface area contributed by atoms with Crippen LogP contribution >= 0.6 is 0 Å². The summed E-state index contributed by atoms with van der Waals surface area (Å²) in [6.45, 7) is 0.285. The van der Waals surface area contributed by atoms with Gasteiger partial charge in [0.15, 0.2) is 0 Å². The van der Waals surface area contributed by atoms with E-state index in [2.05, 4.69) is 5.32 Å². The lowest BCUT2D eigenvalue weighted by Crippen LogP contribution is -2.46. The third kappa shape index (κ3) is 2.74. The van der Waals surface area contributed by atoms with Crippen LogP contribution in [-0.4, -0.2) is 40.4 Å².